The number of benzene rings is 3. The molecule has 1 amide bonds. The average Bonchev–Trinajstić information content (AvgIpc) is 2.74. The molecule has 0 unspecified atom stereocenters. The lowest BCUT2D eigenvalue weighted by Gasteiger charge is -2.29. The van der Waals surface area contributed by atoms with Gasteiger partial charge in [-0.2, -0.15) is 13.2 Å². The predicted molar refractivity (Wildman–Crippen MR) is 117 cm³/mol. The number of anilines is 1. The Morgan fingerprint density at radius 3 is 1.91 bits per heavy atom. The Morgan fingerprint density at radius 1 is 0.844 bits per heavy atom. The maximum absolute atomic E-state index is 13.3. The van der Waals surface area contributed by atoms with Crippen LogP contribution in [0.25, 0.3) is 0 Å². The van der Waals surface area contributed by atoms with Crippen molar-refractivity contribution in [1.82, 2.24) is 0 Å². The van der Waals surface area contributed by atoms with Gasteiger partial charge in [-0.3, -0.25) is 4.79 Å². The summed E-state index contributed by atoms with van der Waals surface area (Å²) in [7, 11) is -3.85. The van der Waals surface area contributed by atoms with Crippen molar-refractivity contribution in [2.45, 2.75) is 30.3 Å². The highest BCUT2D eigenvalue weighted by Gasteiger charge is 2.40. The van der Waals surface area contributed by atoms with Crippen LogP contribution in [0.1, 0.15) is 23.6 Å². The van der Waals surface area contributed by atoms with E-state index in [2.05, 4.69) is 5.32 Å². The van der Waals surface area contributed by atoms with Crippen molar-refractivity contribution in [2.75, 3.05) is 11.1 Å². The number of hydrogen-bond acceptors (Lipinski definition) is 3. The molecule has 3 aromatic carbocycles. The van der Waals surface area contributed by atoms with Crippen LogP contribution in [0.2, 0.25) is 0 Å². The van der Waals surface area contributed by atoms with Gasteiger partial charge >= 0.3 is 6.18 Å². The quantitative estimate of drug-likeness (QED) is 0.536. The fourth-order valence-corrected chi connectivity index (χ4v) is 5.10. The Balaban J connectivity index is 1.97. The van der Waals surface area contributed by atoms with Crippen molar-refractivity contribution in [1.29, 1.82) is 0 Å². The minimum atomic E-state index is -4.50. The molecule has 0 aliphatic rings. The summed E-state index contributed by atoms with van der Waals surface area (Å²) in [4.78, 5) is 13.4. The van der Waals surface area contributed by atoms with Gasteiger partial charge in [-0.25, -0.2) is 8.42 Å². The summed E-state index contributed by atoms with van der Waals surface area (Å²) in [5, 5.41) is 2.58. The zero-order chi connectivity index (χ0) is 23.6. The lowest BCUT2D eigenvalue weighted by Crippen LogP contribution is -2.43. The van der Waals surface area contributed by atoms with Crippen molar-refractivity contribution in [3.05, 3.63) is 95.6 Å². The van der Waals surface area contributed by atoms with Gasteiger partial charge < -0.3 is 5.32 Å². The second kappa shape index (κ2) is 8.78. The van der Waals surface area contributed by atoms with Gasteiger partial charge in [-0.1, -0.05) is 48.0 Å². The first-order chi connectivity index (χ1) is 14.9. The molecule has 0 bridgehead atoms. The van der Waals surface area contributed by atoms with E-state index >= 15 is 0 Å². The van der Waals surface area contributed by atoms with Gasteiger partial charge in [0.25, 0.3) is 0 Å². The smallest absolute Gasteiger partial charge is 0.325 e. The SMILES string of the molecule is Cc1ccc([C@@](C)(CS(=O)(=O)c2ccccc2)C(=O)Nc2ccc(C(F)(F)F)cc2)cc1. The molecule has 0 aliphatic carbocycles. The summed E-state index contributed by atoms with van der Waals surface area (Å²) in [5.41, 5.74) is -0.787. The molecule has 0 aliphatic heterocycles. The minimum Gasteiger partial charge on any atom is -0.325 e. The highest BCUT2D eigenvalue weighted by Crippen LogP contribution is 2.32. The van der Waals surface area contributed by atoms with Gasteiger partial charge in [0.15, 0.2) is 9.84 Å². The number of carbonyl (C=O) groups excluding carboxylic acids is 1. The average molecular weight is 462 g/mol. The standard InChI is InChI=1S/C24H22F3NO3S/c1-17-8-10-18(11-9-17)23(2,16-32(30,31)21-6-4-3-5-7-21)22(29)28-20-14-12-19(13-15-20)24(25,26)27/h3-15H,16H2,1-2H3,(H,28,29)/t23-/m1/s1. The Bertz CT molecular complexity index is 1190. The zero-order valence-corrected chi connectivity index (χ0v) is 18.3. The molecule has 8 heteroatoms. The summed E-state index contributed by atoms with van der Waals surface area (Å²) >= 11 is 0. The number of hydrogen-bond donors (Lipinski definition) is 1. The molecule has 4 nitrogen and oxygen atoms in total. The summed E-state index contributed by atoms with van der Waals surface area (Å²) in [6.45, 7) is 3.38. The number of amides is 1. The molecule has 3 rings (SSSR count). The largest absolute Gasteiger partial charge is 0.416 e. The monoisotopic (exact) mass is 461 g/mol. The second-order valence-electron chi connectivity index (χ2n) is 7.80. The molecule has 32 heavy (non-hydrogen) atoms. The molecule has 1 N–H and O–H groups in total. The number of aryl methyl sites for hydroxylation is 1. The van der Waals surface area contributed by atoms with Gasteiger partial charge in [-0.05, 0) is 55.8 Å². The Labute approximate surface area is 185 Å². The van der Waals surface area contributed by atoms with Crippen LogP contribution >= 0.6 is 0 Å². The first-order valence-corrected chi connectivity index (χ1v) is 11.4. The molecule has 3 aromatic rings. The molecule has 0 radical (unpaired) electrons. The van der Waals surface area contributed by atoms with Gasteiger partial charge in [0, 0.05) is 5.69 Å². The molecule has 0 spiro atoms. The van der Waals surface area contributed by atoms with Gasteiger partial charge in [0.1, 0.15) is 0 Å². The maximum Gasteiger partial charge on any atom is 0.416 e. The van der Waals surface area contributed by atoms with Crippen molar-refractivity contribution < 1.29 is 26.4 Å². The van der Waals surface area contributed by atoms with Crippen LogP contribution in [0.4, 0.5) is 18.9 Å². The molecular weight excluding hydrogens is 439 g/mol. The van der Waals surface area contributed by atoms with Crippen LogP contribution in [-0.2, 0) is 26.2 Å². The number of alkyl halides is 3. The third kappa shape index (κ3) is 5.19. The molecule has 168 valence electrons. The van der Waals surface area contributed by atoms with Crippen LogP contribution < -0.4 is 5.32 Å². The highest BCUT2D eigenvalue weighted by atomic mass is 32.2. The van der Waals surface area contributed by atoms with Gasteiger partial charge in [0.05, 0.1) is 21.6 Å². The number of rotatable bonds is 6. The Morgan fingerprint density at radius 2 is 1.38 bits per heavy atom. The molecule has 0 saturated carbocycles. The molecular formula is C24H22F3NO3S. The summed E-state index contributed by atoms with van der Waals surface area (Å²) in [6, 6.07) is 18.7. The van der Waals surface area contributed by atoms with Gasteiger partial charge in [0.2, 0.25) is 5.91 Å². The van der Waals surface area contributed by atoms with E-state index in [0.717, 1.165) is 29.8 Å². The molecule has 0 heterocycles. The van der Waals surface area contributed by atoms with Gasteiger partial charge in [-0.15, -0.1) is 0 Å². The van der Waals surface area contributed by atoms with E-state index in [1.807, 2.05) is 6.92 Å². The third-order valence-electron chi connectivity index (χ3n) is 5.24. The van der Waals surface area contributed by atoms with E-state index in [1.165, 1.54) is 19.1 Å². The predicted octanol–water partition coefficient (Wildman–Crippen LogP) is 5.38. The lowest BCUT2D eigenvalue weighted by atomic mass is 9.83. The summed E-state index contributed by atoms with van der Waals surface area (Å²) < 4.78 is 64.6. The Kier molecular flexibility index (Phi) is 6.46. The number of carbonyl (C=O) groups is 1. The second-order valence-corrected chi connectivity index (χ2v) is 9.79. The van der Waals surface area contributed by atoms with Crippen LogP contribution in [0.5, 0.6) is 0 Å². The first kappa shape index (κ1) is 23.5. The number of nitrogens with one attached hydrogen (secondary N) is 1. The maximum atomic E-state index is 13.3. The van der Waals surface area contributed by atoms with Crippen molar-refractivity contribution in [2.24, 2.45) is 0 Å². The van der Waals surface area contributed by atoms with E-state index in [9.17, 15) is 26.4 Å². The fourth-order valence-electron chi connectivity index (χ4n) is 3.30. The van der Waals surface area contributed by atoms with Crippen LogP contribution in [0.15, 0.2) is 83.8 Å². The molecule has 1 atom stereocenters. The van der Waals surface area contributed by atoms with Crippen LogP contribution in [0.3, 0.4) is 0 Å². The number of halogens is 3. The lowest BCUT2D eigenvalue weighted by molar-refractivity contribution is -0.137. The molecule has 0 saturated heterocycles. The van der Waals surface area contributed by atoms with Crippen LogP contribution in [-0.4, -0.2) is 20.1 Å². The van der Waals surface area contributed by atoms with E-state index in [4.69, 9.17) is 0 Å². The fraction of sp³-hybridized carbons (Fsp3) is 0.208. The van der Waals surface area contributed by atoms with Crippen molar-refractivity contribution >= 4 is 21.4 Å². The summed E-state index contributed by atoms with van der Waals surface area (Å²) in [6.07, 6.45) is -4.50. The van der Waals surface area contributed by atoms with E-state index in [1.54, 1.807) is 42.5 Å². The molecule has 0 fully saturated rings. The highest BCUT2D eigenvalue weighted by molar-refractivity contribution is 7.91. The van der Waals surface area contributed by atoms with Crippen molar-refractivity contribution in [3.8, 4) is 0 Å². The number of sulfone groups is 1. The van der Waals surface area contributed by atoms with E-state index < -0.39 is 38.7 Å². The zero-order valence-electron chi connectivity index (χ0n) is 17.5. The van der Waals surface area contributed by atoms with Crippen LogP contribution in [0, 0.1) is 6.92 Å². The minimum absolute atomic E-state index is 0.0840. The molecule has 0 aromatic heterocycles. The summed E-state index contributed by atoms with van der Waals surface area (Å²) in [5.74, 6) is -1.15. The third-order valence-corrected chi connectivity index (χ3v) is 7.19. The van der Waals surface area contributed by atoms with Crippen molar-refractivity contribution in [3.63, 3.8) is 0 Å². The first-order valence-electron chi connectivity index (χ1n) is 9.75. The normalized spacial score (nSPS) is 13.9. The van der Waals surface area contributed by atoms with E-state index in [-0.39, 0.29) is 10.6 Å². The van der Waals surface area contributed by atoms with E-state index in [0.29, 0.717) is 5.56 Å². The Hall–Kier alpha value is -3.13. The topological polar surface area (TPSA) is 63.2 Å².